The van der Waals surface area contributed by atoms with Crippen molar-refractivity contribution in [3.63, 3.8) is 0 Å². The summed E-state index contributed by atoms with van der Waals surface area (Å²) in [5, 5.41) is 4.19. The molecule has 150 valence electrons. The average Bonchev–Trinajstić information content (AvgIpc) is 3.17. The number of aromatic nitrogens is 2. The van der Waals surface area contributed by atoms with Crippen molar-refractivity contribution in [3.05, 3.63) is 53.6 Å². The van der Waals surface area contributed by atoms with E-state index in [1.165, 1.54) is 6.07 Å². The molecule has 0 aliphatic carbocycles. The molecule has 4 rings (SSSR count). The third-order valence-corrected chi connectivity index (χ3v) is 5.32. The first-order valence-corrected chi connectivity index (χ1v) is 9.58. The monoisotopic (exact) mass is 388 g/mol. The van der Waals surface area contributed by atoms with Gasteiger partial charge in [-0.2, -0.15) is 5.10 Å². The zero-order chi connectivity index (χ0) is 19.5. The van der Waals surface area contributed by atoms with Gasteiger partial charge >= 0.3 is 0 Å². The summed E-state index contributed by atoms with van der Waals surface area (Å²) in [6.07, 6.45) is 3.43. The van der Waals surface area contributed by atoms with Gasteiger partial charge in [0, 0.05) is 44.0 Å². The lowest BCUT2D eigenvalue weighted by Crippen LogP contribution is -2.50. The van der Waals surface area contributed by atoms with Crippen LogP contribution in [0.1, 0.15) is 23.3 Å². The summed E-state index contributed by atoms with van der Waals surface area (Å²) < 4.78 is 27.6. The van der Waals surface area contributed by atoms with E-state index in [1.807, 2.05) is 18.1 Å². The minimum Gasteiger partial charge on any atom is -0.379 e. The maximum Gasteiger partial charge on any atom is 0.244 e. The van der Waals surface area contributed by atoms with Crippen molar-refractivity contribution in [1.29, 1.82) is 0 Å². The predicted molar refractivity (Wildman–Crippen MR) is 100 cm³/mol. The molecule has 3 heterocycles. The van der Waals surface area contributed by atoms with E-state index < -0.39 is 6.04 Å². The Morgan fingerprint density at radius 2 is 2.00 bits per heavy atom. The minimum atomic E-state index is -0.655. The van der Waals surface area contributed by atoms with Crippen LogP contribution in [-0.4, -0.2) is 71.5 Å². The Balaban J connectivity index is 1.58. The molecule has 8 heteroatoms. The molecule has 1 aromatic carbocycles. The lowest BCUT2D eigenvalue weighted by atomic mass is 10.0. The van der Waals surface area contributed by atoms with Gasteiger partial charge in [0.2, 0.25) is 5.91 Å². The van der Waals surface area contributed by atoms with Gasteiger partial charge in [-0.05, 0) is 6.07 Å². The summed E-state index contributed by atoms with van der Waals surface area (Å²) in [6, 6.07) is 5.88. The highest BCUT2D eigenvalue weighted by Gasteiger charge is 2.36. The fraction of sp³-hybridized carbons (Fsp3) is 0.500. The summed E-state index contributed by atoms with van der Waals surface area (Å²) in [7, 11) is 1.85. The largest absolute Gasteiger partial charge is 0.379 e. The molecule has 28 heavy (non-hydrogen) atoms. The van der Waals surface area contributed by atoms with E-state index in [1.54, 1.807) is 34.0 Å². The van der Waals surface area contributed by atoms with Crippen LogP contribution in [0.5, 0.6) is 0 Å². The molecule has 0 N–H and O–H groups in total. The molecule has 2 fully saturated rings. The molecular formula is C20H25FN4O3. The third-order valence-electron chi connectivity index (χ3n) is 5.32. The number of ether oxygens (including phenoxy) is 2. The van der Waals surface area contributed by atoms with E-state index in [0.29, 0.717) is 51.6 Å². The van der Waals surface area contributed by atoms with Crippen molar-refractivity contribution in [1.82, 2.24) is 19.6 Å². The first-order chi connectivity index (χ1) is 13.6. The smallest absolute Gasteiger partial charge is 0.244 e. The summed E-state index contributed by atoms with van der Waals surface area (Å²) >= 11 is 0. The third kappa shape index (κ3) is 3.94. The molecule has 0 radical (unpaired) electrons. The first kappa shape index (κ1) is 19.0. The van der Waals surface area contributed by atoms with Crippen molar-refractivity contribution in [2.24, 2.45) is 7.05 Å². The highest BCUT2D eigenvalue weighted by Crippen LogP contribution is 2.29. The van der Waals surface area contributed by atoms with Gasteiger partial charge in [-0.25, -0.2) is 4.39 Å². The summed E-state index contributed by atoms with van der Waals surface area (Å²) in [5.74, 6) is -0.450. The maximum atomic E-state index is 14.6. The second-order valence-electron chi connectivity index (χ2n) is 7.16. The Bertz CT molecular complexity index is 821. The zero-order valence-corrected chi connectivity index (χ0v) is 16.0. The van der Waals surface area contributed by atoms with Gasteiger partial charge in [0.25, 0.3) is 0 Å². The van der Waals surface area contributed by atoms with Crippen molar-refractivity contribution < 1.29 is 18.7 Å². The van der Waals surface area contributed by atoms with E-state index in [0.717, 1.165) is 5.56 Å². The molecular weight excluding hydrogens is 363 g/mol. The van der Waals surface area contributed by atoms with Gasteiger partial charge in [-0.15, -0.1) is 0 Å². The number of nitrogens with zero attached hydrogens (tertiary/aromatic N) is 4. The molecule has 2 aromatic rings. The van der Waals surface area contributed by atoms with Crippen LogP contribution in [-0.2, 0) is 21.3 Å². The second kappa shape index (κ2) is 8.38. The van der Waals surface area contributed by atoms with Crippen molar-refractivity contribution in [2.45, 2.75) is 12.1 Å². The van der Waals surface area contributed by atoms with E-state index in [2.05, 4.69) is 5.10 Å². The Labute approximate surface area is 163 Å². The SMILES string of the molecule is Cn1cc(C2CN(C(=O)C(c3ccccc3F)N3CCOCC3)CCO2)cn1. The molecule has 1 aromatic heterocycles. The number of halogens is 1. The molecule has 7 nitrogen and oxygen atoms in total. The van der Waals surface area contributed by atoms with Crippen LogP contribution in [0.2, 0.25) is 0 Å². The number of benzene rings is 1. The standard InChI is InChI=1S/C20H25FN4O3/c1-23-13-15(12-22-23)18-14-25(8-11-28-18)20(26)19(24-6-9-27-10-7-24)16-4-2-3-5-17(16)21/h2-5,12-13,18-19H,6-11,14H2,1H3. The maximum absolute atomic E-state index is 14.6. The number of carbonyl (C=O) groups excluding carboxylic acids is 1. The lowest BCUT2D eigenvalue weighted by Gasteiger charge is -2.39. The second-order valence-corrected chi connectivity index (χ2v) is 7.16. The number of morpholine rings is 2. The van der Waals surface area contributed by atoms with Crippen LogP contribution in [0.25, 0.3) is 0 Å². The van der Waals surface area contributed by atoms with Crippen LogP contribution in [0.4, 0.5) is 4.39 Å². The summed E-state index contributed by atoms with van der Waals surface area (Å²) in [4.78, 5) is 17.3. The average molecular weight is 388 g/mol. The fourth-order valence-electron chi connectivity index (χ4n) is 3.85. The Kier molecular flexibility index (Phi) is 5.70. The van der Waals surface area contributed by atoms with Crippen LogP contribution in [0.3, 0.4) is 0 Å². The molecule has 2 aliphatic heterocycles. The highest BCUT2D eigenvalue weighted by molar-refractivity contribution is 5.83. The van der Waals surface area contributed by atoms with Crippen LogP contribution in [0, 0.1) is 5.82 Å². The molecule has 2 aliphatic rings. The molecule has 2 atom stereocenters. The van der Waals surface area contributed by atoms with E-state index in [4.69, 9.17) is 9.47 Å². The van der Waals surface area contributed by atoms with Crippen LogP contribution in [0.15, 0.2) is 36.7 Å². The van der Waals surface area contributed by atoms with Crippen LogP contribution >= 0.6 is 0 Å². The normalized spacial score (nSPS) is 22.2. The minimum absolute atomic E-state index is 0.0933. The molecule has 2 saturated heterocycles. The van der Waals surface area contributed by atoms with Crippen molar-refractivity contribution in [2.75, 3.05) is 46.0 Å². The van der Waals surface area contributed by atoms with Crippen LogP contribution < -0.4 is 0 Å². The zero-order valence-electron chi connectivity index (χ0n) is 16.0. The number of hydrogen-bond acceptors (Lipinski definition) is 5. The van der Waals surface area contributed by atoms with Gasteiger partial charge in [0.05, 0.1) is 32.6 Å². The van der Waals surface area contributed by atoms with E-state index in [-0.39, 0.29) is 17.8 Å². The molecule has 2 unspecified atom stereocenters. The summed E-state index contributed by atoms with van der Waals surface area (Å²) in [6.45, 7) is 3.64. The Morgan fingerprint density at radius 3 is 2.71 bits per heavy atom. The molecule has 0 spiro atoms. The number of aryl methyl sites for hydroxylation is 1. The molecule has 0 bridgehead atoms. The summed E-state index contributed by atoms with van der Waals surface area (Å²) in [5.41, 5.74) is 1.35. The topological polar surface area (TPSA) is 59.8 Å². The number of carbonyl (C=O) groups is 1. The van der Waals surface area contributed by atoms with E-state index in [9.17, 15) is 9.18 Å². The van der Waals surface area contributed by atoms with Gasteiger partial charge in [-0.1, -0.05) is 18.2 Å². The van der Waals surface area contributed by atoms with Gasteiger partial charge < -0.3 is 14.4 Å². The molecule has 0 saturated carbocycles. The fourth-order valence-corrected chi connectivity index (χ4v) is 3.85. The van der Waals surface area contributed by atoms with Gasteiger partial charge in [-0.3, -0.25) is 14.4 Å². The van der Waals surface area contributed by atoms with Crippen molar-refractivity contribution >= 4 is 5.91 Å². The van der Waals surface area contributed by atoms with E-state index >= 15 is 0 Å². The number of amides is 1. The van der Waals surface area contributed by atoms with Crippen molar-refractivity contribution in [3.8, 4) is 0 Å². The predicted octanol–water partition coefficient (Wildman–Crippen LogP) is 1.53. The Morgan fingerprint density at radius 1 is 1.21 bits per heavy atom. The van der Waals surface area contributed by atoms with Gasteiger partial charge in [0.15, 0.2) is 0 Å². The first-order valence-electron chi connectivity index (χ1n) is 9.58. The number of rotatable bonds is 4. The Hall–Kier alpha value is -2.29. The highest BCUT2D eigenvalue weighted by atomic mass is 19.1. The lowest BCUT2D eigenvalue weighted by molar-refractivity contribution is -0.147. The van der Waals surface area contributed by atoms with Gasteiger partial charge in [0.1, 0.15) is 18.0 Å². The number of hydrogen-bond donors (Lipinski definition) is 0. The quantitative estimate of drug-likeness (QED) is 0.795. The molecule has 1 amide bonds.